The van der Waals surface area contributed by atoms with E-state index >= 15 is 0 Å². The van der Waals surface area contributed by atoms with E-state index in [1.165, 1.54) is 25.1 Å². The van der Waals surface area contributed by atoms with Gasteiger partial charge in [0.05, 0.1) is 40.5 Å². The molecule has 2 atom stereocenters. The number of aromatic carboxylic acids is 1. The second-order valence-corrected chi connectivity index (χ2v) is 11.6. The lowest BCUT2D eigenvalue weighted by molar-refractivity contribution is -0.143. The first-order valence-corrected chi connectivity index (χ1v) is 14.4. The van der Waals surface area contributed by atoms with Crippen LogP contribution < -0.4 is 0 Å². The molecule has 0 saturated carbocycles. The third-order valence-corrected chi connectivity index (χ3v) is 8.46. The first-order chi connectivity index (χ1) is 21.7. The van der Waals surface area contributed by atoms with Crippen LogP contribution in [0.25, 0.3) is 21.8 Å². The molecule has 2 unspecified atom stereocenters. The Morgan fingerprint density at radius 2 is 1.47 bits per heavy atom. The highest BCUT2D eigenvalue weighted by Gasteiger charge is 2.44. The normalized spacial score (nSPS) is 17.3. The Kier molecular flexibility index (Phi) is 8.54. The molecule has 3 aromatic carbocycles. The number of rotatable bonds is 6. The van der Waals surface area contributed by atoms with Gasteiger partial charge in [-0.2, -0.15) is 39.5 Å². The number of alkyl halides is 9. The van der Waals surface area contributed by atoms with E-state index in [9.17, 15) is 54.2 Å². The highest BCUT2D eigenvalue weighted by molar-refractivity contribution is 7.13. The predicted molar refractivity (Wildman–Crippen MR) is 150 cm³/mol. The third kappa shape index (κ3) is 6.92. The summed E-state index contributed by atoms with van der Waals surface area (Å²) >= 11 is 1.05. The van der Waals surface area contributed by atoms with Crippen LogP contribution in [-0.4, -0.2) is 33.1 Å². The highest BCUT2D eigenvalue weighted by Crippen LogP contribution is 2.42. The molecule has 4 aromatic rings. The lowest BCUT2D eigenvalue weighted by Crippen LogP contribution is -2.32. The van der Waals surface area contributed by atoms with Crippen molar-refractivity contribution in [3.8, 4) is 21.8 Å². The molecule has 0 radical (unpaired) electrons. The zero-order valence-corrected chi connectivity index (χ0v) is 24.8. The number of halogens is 9. The van der Waals surface area contributed by atoms with Gasteiger partial charge in [-0.05, 0) is 73.0 Å². The van der Waals surface area contributed by atoms with Crippen LogP contribution in [0.1, 0.15) is 56.8 Å². The first-order valence-electron chi connectivity index (χ1n) is 13.5. The van der Waals surface area contributed by atoms with E-state index in [1.54, 1.807) is 12.3 Å². The second kappa shape index (κ2) is 11.9. The largest absolute Gasteiger partial charge is 0.478 e. The minimum atomic E-state index is -5.15. The summed E-state index contributed by atoms with van der Waals surface area (Å²) in [6, 6.07) is 6.67. The van der Waals surface area contributed by atoms with Gasteiger partial charge < -0.3 is 9.84 Å². The lowest BCUT2D eigenvalue weighted by atomic mass is 9.97. The Morgan fingerprint density at radius 3 is 2.02 bits per heavy atom. The van der Waals surface area contributed by atoms with Gasteiger partial charge in [-0.1, -0.05) is 12.1 Å². The maximum absolute atomic E-state index is 13.7. The number of carboxylic acid groups (broad SMARTS) is 1. The molecule has 1 saturated heterocycles. The number of carboxylic acids is 1. The zero-order chi connectivity index (χ0) is 34.6. The minimum absolute atomic E-state index is 0.0383. The average Bonchev–Trinajstić information content (AvgIpc) is 3.56. The van der Waals surface area contributed by atoms with E-state index in [2.05, 4.69) is 4.98 Å². The van der Waals surface area contributed by atoms with E-state index < -0.39 is 71.5 Å². The Morgan fingerprint density at radius 1 is 0.872 bits per heavy atom. The molecule has 5 rings (SSSR count). The summed E-state index contributed by atoms with van der Waals surface area (Å²) in [6.45, 7) is 2.40. The summed E-state index contributed by atoms with van der Waals surface area (Å²) in [5.41, 5.74) is -3.22. The van der Waals surface area contributed by atoms with Crippen molar-refractivity contribution in [1.82, 2.24) is 9.88 Å². The van der Waals surface area contributed by atoms with Crippen LogP contribution in [0.2, 0.25) is 0 Å². The van der Waals surface area contributed by atoms with Gasteiger partial charge in [0.25, 0.3) is 0 Å². The van der Waals surface area contributed by atoms with Crippen LogP contribution in [-0.2, 0) is 29.8 Å². The number of carbonyl (C=O) groups excluding carboxylic acids is 1. The van der Waals surface area contributed by atoms with Crippen molar-refractivity contribution in [2.24, 2.45) is 0 Å². The number of hydrogen-bond donors (Lipinski definition) is 1. The first kappa shape index (κ1) is 33.8. The summed E-state index contributed by atoms with van der Waals surface area (Å²) in [6.07, 6.45) is -17.9. The number of aryl methyl sites for hydroxylation is 1. The van der Waals surface area contributed by atoms with Gasteiger partial charge in [0.15, 0.2) is 0 Å². The molecule has 47 heavy (non-hydrogen) atoms. The van der Waals surface area contributed by atoms with Gasteiger partial charge in [0, 0.05) is 16.5 Å². The quantitative estimate of drug-likeness (QED) is 0.204. The van der Waals surface area contributed by atoms with E-state index in [0.29, 0.717) is 29.0 Å². The maximum Gasteiger partial charge on any atom is 0.416 e. The third-order valence-electron chi connectivity index (χ3n) is 7.59. The molecule has 248 valence electrons. The fraction of sp³-hybridized carbons (Fsp3) is 0.258. The predicted octanol–water partition coefficient (Wildman–Crippen LogP) is 9.62. The van der Waals surface area contributed by atoms with Crippen molar-refractivity contribution < 1.29 is 58.9 Å². The summed E-state index contributed by atoms with van der Waals surface area (Å²) in [5, 5.41) is 11.1. The fourth-order valence-corrected chi connectivity index (χ4v) is 6.08. The van der Waals surface area contributed by atoms with Crippen molar-refractivity contribution in [2.45, 2.75) is 51.1 Å². The number of hydrogen-bond acceptors (Lipinski definition) is 5. The molecule has 2 heterocycles. The van der Waals surface area contributed by atoms with E-state index in [1.807, 2.05) is 0 Å². The molecule has 1 N–H and O–H groups in total. The van der Waals surface area contributed by atoms with Crippen LogP contribution in [0.3, 0.4) is 0 Å². The Labute approximate surface area is 264 Å². The van der Waals surface area contributed by atoms with Crippen molar-refractivity contribution in [3.63, 3.8) is 0 Å². The Hall–Kier alpha value is -4.60. The SMILES string of the molecule is Cc1cc(C(=O)O)ccc1-c1csc(-c2ccc(C(F)(F)F)cc2CN2C(=O)OC(c3cc(C(F)(F)F)cc(C(F)(F)F)c3)C2C)n1. The summed E-state index contributed by atoms with van der Waals surface area (Å²) < 4.78 is 127. The smallest absolute Gasteiger partial charge is 0.416 e. The van der Waals surface area contributed by atoms with Crippen LogP contribution in [0.4, 0.5) is 44.3 Å². The summed E-state index contributed by atoms with van der Waals surface area (Å²) in [4.78, 5) is 29.7. The van der Waals surface area contributed by atoms with Crippen molar-refractivity contribution in [3.05, 3.63) is 98.9 Å². The van der Waals surface area contributed by atoms with Crippen LogP contribution in [0.15, 0.2) is 60.0 Å². The molecular formula is C31H21F9N2O4S. The molecule has 16 heteroatoms. The molecular weight excluding hydrogens is 667 g/mol. The number of amides is 1. The van der Waals surface area contributed by atoms with Crippen LogP contribution >= 0.6 is 11.3 Å². The molecule has 0 spiro atoms. The van der Waals surface area contributed by atoms with Gasteiger partial charge in [-0.25, -0.2) is 14.6 Å². The van der Waals surface area contributed by atoms with Crippen LogP contribution in [0.5, 0.6) is 0 Å². The van der Waals surface area contributed by atoms with Gasteiger partial charge in [-0.15, -0.1) is 11.3 Å². The number of cyclic esters (lactones) is 1. The molecule has 6 nitrogen and oxygen atoms in total. The van der Waals surface area contributed by atoms with Gasteiger partial charge in [0.1, 0.15) is 11.1 Å². The Bertz CT molecular complexity index is 1830. The number of carbonyl (C=O) groups is 2. The number of benzene rings is 3. The second-order valence-electron chi connectivity index (χ2n) is 10.8. The Balaban J connectivity index is 1.52. The molecule has 0 bridgehead atoms. The molecule has 1 aliphatic heterocycles. The summed E-state index contributed by atoms with van der Waals surface area (Å²) in [5.74, 6) is -1.14. The van der Waals surface area contributed by atoms with Gasteiger partial charge >= 0.3 is 30.6 Å². The molecule has 1 fully saturated rings. The van der Waals surface area contributed by atoms with Gasteiger partial charge in [-0.3, -0.25) is 4.90 Å². The molecule has 1 aromatic heterocycles. The zero-order valence-electron chi connectivity index (χ0n) is 24.0. The minimum Gasteiger partial charge on any atom is -0.478 e. The standard InChI is InChI=1S/C31H21F9N2O4S/c1-14-7-16(27(43)44)3-5-22(14)24-13-47-26(41-24)23-6-4-19(29(32,33)34)10-18(23)12-42-15(2)25(46-28(42)45)17-8-20(30(35,36)37)11-21(9-17)31(38,39)40/h3-11,13,15,25H,12H2,1-2H3,(H,43,44). The van der Waals surface area contributed by atoms with E-state index in [4.69, 9.17) is 4.74 Å². The monoisotopic (exact) mass is 688 g/mol. The van der Waals surface area contributed by atoms with Crippen LogP contribution in [0, 0.1) is 6.92 Å². The average molecular weight is 689 g/mol. The van der Waals surface area contributed by atoms with Crippen molar-refractivity contribution in [2.75, 3.05) is 0 Å². The molecule has 1 amide bonds. The maximum atomic E-state index is 13.7. The lowest BCUT2D eigenvalue weighted by Gasteiger charge is -2.23. The molecule has 0 aliphatic carbocycles. The van der Waals surface area contributed by atoms with Crippen molar-refractivity contribution in [1.29, 1.82) is 0 Å². The molecule has 1 aliphatic rings. The number of thiazole rings is 1. The highest BCUT2D eigenvalue weighted by atomic mass is 32.1. The van der Waals surface area contributed by atoms with E-state index in [-0.39, 0.29) is 27.8 Å². The number of ether oxygens (including phenoxy) is 1. The van der Waals surface area contributed by atoms with Crippen molar-refractivity contribution >= 4 is 23.4 Å². The number of aromatic nitrogens is 1. The van der Waals surface area contributed by atoms with Gasteiger partial charge in [0.2, 0.25) is 0 Å². The summed E-state index contributed by atoms with van der Waals surface area (Å²) in [7, 11) is 0. The fourth-order valence-electron chi connectivity index (χ4n) is 5.20. The number of nitrogens with zero attached hydrogens (tertiary/aromatic N) is 2. The topological polar surface area (TPSA) is 79.7 Å². The van der Waals surface area contributed by atoms with E-state index in [0.717, 1.165) is 34.4 Å².